The van der Waals surface area contributed by atoms with Gasteiger partial charge in [0.25, 0.3) is 5.91 Å². The van der Waals surface area contributed by atoms with E-state index in [4.69, 9.17) is 9.47 Å². The molecule has 3 rings (SSSR count). The highest BCUT2D eigenvalue weighted by atomic mass is 16.5. The Bertz CT molecular complexity index is 596. The van der Waals surface area contributed by atoms with Crippen LogP contribution in [0.25, 0.3) is 0 Å². The minimum atomic E-state index is -0.360. The summed E-state index contributed by atoms with van der Waals surface area (Å²) in [5, 5.41) is 0. The molecule has 136 valence electrons. The Morgan fingerprint density at radius 2 is 1.84 bits per heavy atom. The second kappa shape index (κ2) is 8.34. The quantitative estimate of drug-likeness (QED) is 0.831. The molecule has 6 nitrogen and oxygen atoms in total. The first-order chi connectivity index (χ1) is 12.1. The summed E-state index contributed by atoms with van der Waals surface area (Å²) in [6.45, 7) is 4.96. The number of nitrogens with zero attached hydrogens (tertiary/aromatic N) is 2. The van der Waals surface area contributed by atoms with E-state index < -0.39 is 0 Å². The molecular weight excluding hydrogens is 320 g/mol. The monoisotopic (exact) mass is 346 g/mol. The van der Waals surface area contributed by atoms with Crippen LogP contribution in [0.15, 0.2) is 24.3 Å². The van der Waals surface area contributed by atoms with E-state index in [2.05, 4.69) is 0 Å². The number of carbonyl (C=O) groups excluding carboxylic acids is 2. The average molecular weight is 346 g/mol. The van der Waals surface area contributed by atoms with Gasteiger partial charge in [0.1, 0.15) is 11.8 Å². The maximum absolute atomic E-state index is 12.8. The lowest BCUT2D eigenvalue weighted by Crippen LogP contribution is -2.55. The van der Waals surface area contributed by atoms with Crippen molar-refractivity contribution in [3.63, 3.8) is 0 Å². The Balaban J connectivity index is 1.60. The smallest absolute Gasteiger partial charge is 0.261 e. The van der Waals surface area contributed by atoms with Crippen LogP contribution in [0.4, 0.5) is 0 Å². The maximum atomic E-state index is 12.8. The van der Waals surface area contributed by atoms with Gasteiger partial charge in [-0.1, -0.05) is 17.7 Å². The Hall–Kier alpha value is -2.08. The topological polar surface area (TPSA) is 59.1 Å². The molecule has 0 aromatic heterocycles. The Labute approximate surface area is 148 Å². The van der Waals surface area contributed by atoms with Crippen LogP contribution in [-0.2, 0) is 14.3 Å². The first kappa shape index (κ1) is 17.7. The molecular formula is C19H26N2O4. The fraction of sp³-hybridized carbons (Fsp3) is 0.579. The minimum absolute atomic E-state index is 0.0318. The number of piperidine rings is 1. The molecule has 0 aliphatic carbocycles. The highest BCUT2D eigenvalue weighted by molar-refractivity contribution is 5.88. The molecule has 25 heavy (non-hydrogen) atoms. The largest absolute Gasteiger partial charge is 0.484 e. The van der Waals surface area contributed by atoms with E-state index in [0.717, 1.165) is 24.8 Å². The SMILES string of the molecule is Cc1ccc(OCC(=O)N2CCCC[C@H]2C(=O)N2CCOCC2)cc1. The lowest BCUT2D eigenvalue weighted by atomic mass is 10.0. The van der Waals surface area contributed by atoms with Gasteiger partial charge in [0.2, 0.25) is 5.91 Å². The minimum Gasteiger partial charge on any atom is -0.484 e. The standard InChI is InChI=1S/C19H26N2O4/c1-15-5-7-16(8-6-15)25-14-18(22)21-9-3-2-4-17(21)19(23)20-10-12-24-13-11-20/h5-8,17H,2-4,9-14H2,1H3/t17-/m0/s1. The molecule has 2 aliphatic heterocycles. The zero-order valence-corrected chi connectivity index (χ0v) is 14.8. The fourth-order valence-corrected chi connectivity index (χ4v) is 3.34. The van der Waals surface area contributed by atoms with E-state index in [1.165, 1.54) is 0 Å². The molecule has 0 bridgehead atoms. The van der Waals surface area contributed by atoms with Gasteiger partial charge in [-0.05, 0) is 38.3 Å². The van der Waals surface area contributed by atoms with E-state index >= 15 is 0 Å². The molecule has 0 saturated carbocycles. The van der Waals surface area contributed by atoms with Crippen molar-refractivity contribution >= 4 is 11.8 Å². The summed E-state index contributed by atoms with van der Waals surface area (Å²) in [5.74, 6) is 0.602. The van der Waals surface area contributed by atoms with Crippen molar-refractivity contribution in [3.05, 3.63) is 29.8 Å². The number of aryl methyl sites for hydroxylation is 1. The number of hydrogen-bond donors (Lipinski definition) is 0. The second-order valence-electron chi connectivity index (χ2n) is 6.64. The van der Waals surface area contributed by atoms with E-state index in [9.17, 15) is 9.59 Å². The van der Waals surface area contributed by atoms with Crippen molar-refractivity contribution in [2.45, 2.75) is 32.2 Å². The van der Waals surface area contributed by atoms with E-state index in [0.29, 0.717) is 38.6 Å². The first-order valence-electron chi connectivity index (χ1n) is 9.00. The third kappa shape index (κ3) is 4.51. The van der Waals surface area contributed by atoms with Crippen molar-refractivity contribution in [1.29, 1.82) is 0 Å². The molecule has 1 aromatic rings. The van der Waals surface area contributed by atoms with Crippen molar-refractivity contribution in [3.8, 4) is 5.75 Å². The van der Waals surface area contributed by atoms with Crippen molar-refractivity contribution in [1.82, 2.24) is 9.80 Å². The molecule has 0 spiro atoms. The second-order valence-corrected chi connectivity index (χ2v) is 6.64. The Morgan fingerprint density at radius 1 is 1.12 bits per heavy atom. The van der Waals surface area contributed by atoms with Gasteiger partial charge in [-0.25, -0.2) is 0 Å². The molecule has 0 N–H and O–H groups in total. The molecule has 2 fully saturated rings. The van der Waals surface area contributed by atoms with Gasteiger partial charge in [0.15, 0.2) is 6.61 Å². The summed E-state index contributed by atoms with van der Waals surface area (Å²) < 4.78 is 10.9. The van der Waals surface area contributed by atoms with E-state index in [1.807, 2.05) is 36.1 Å². The van der Waals surface area contributed by atoms with E-state index in [-0.39, 0.29) is 24.5 Å². The van der Waals surface area contributed by atoms with Crippen LogP contribution in [0.1, 0.15) is 24.8 Å². The third-order valence-corrected chi connectivity index (χ3v) is 4.81. The van der Waals surface area contributed by atoms with Crippen LogP contribution >= 0.6 is 0 Å². The van der Waals surface area contributed by atoms with Crippen LogP contribution in [0.3, 0.4) is 0 Å². The van der Waals surface area contributed by atoms with Crippen LogP contribution in [0.5, 0.6) is 5.75 Å². The molecule has 2 amide bonds. The molecule has 0 unspecified atom stereocenters. The predicted octanol–water partition coefficient (Wildman–Crippen LogP) is 1.61. The third-order valence-electron chi connectivity index (χ3n) is 4.81. The zero-order chi connectivity index (χ0) is 17.6. The molecule has 2 aliphatic rings. The normalized spacial score (nSPS) is 21.1. The molecule has 1 aromatic carbocycles. The van der Waals surface area contributed by atoms with Gasteiger partial charge in [-0.15, -0.1) is 0 Å². The van der Waals surface area contributed by atoms with Gasteiger partial charge in [-0.2, -0.15) is 0 Å². The number of carbonyl (C=O) groups is 2. The summed E-state index contributed by atoms with van der Waals surface area (Å²) in [5.41, 5.74) is 1.14. The van der Waals surface area contributed by atoms with Gasteiger partial charge in [0.05, 0.1) is 13.2 Å². The van der Waals surface area contributed by atoms with Crippen molar-refractivity contribution < 1.29 is 19.1 Å². The van der Waals surface area contributed by atoms with Gasteiger partial charge < -0.3 is 19.3 Å². The number of hydrogen-bond acceptors (Lipinski definition) is 4. The highest BCUT2D eigenvalue weighted by Crippen LogP contribution is 2.20. The van der Waals surface area contributed by atoms with Crippen LogP contribution in [-0.4, -0.2) is 67.1 Å². The molecule has 0 radical (unpaired) electrons. The molecule has 2 heterocycles. The molecule has 1 atom stereocenters. The summed E-state index contributed by atoms with van der Waals surface area (Å²) in [7, 11) is 0. The zero-order valence-electron chi connectivity index (χ0n) is 14.8. The molecule has 6 heteroatoms. The van der Waals surface area contributed by atoms with Gasteiger partial charge in [0, 0.05) is 19.6 Å². The number of likely N-dealkylation sites (tertiary alicyclic amines) is 1. The number of morpholine rings is 1. The lowest BCUT2D eigenvalue weighted by molar-refractivity contribution is -0.151. The van der Waals surface area contributed by atoms with Gasteiger partial charge in [-0.3, -0.25) is 9.59 Å². The van der Waals surface area contributed by atoms with Gasteiger partial charge >= 0.3 is 0 Å². The number of ether oxygens (including phenoxy) is 2. The van der Waals surface area contributed by atoms with Crippen LogP contribution < -0.4 is 4.74 Å². The Kier molecular flexibility index (Phi) is 5.91. The average Bonchev–Trinajstić information content (AvgIpc) is 2.67. The van der Waals surface area contributed by atoms with Crippen molar-refractivity contribution in [2.75, 3.05) is 39.5 Å². The highest BCUT2D eigenvalue weighted by Gasteiger charge is 2.35. The Morgan fingerprint density at radius 3 is 2.56 bits per heavy atom. The number of amides is 2. The first-order valence-corrected chi connectivity index (χ1v) is 9.00. The molecule has 2 saturated heterocycles. The fourth-order valence-electron chi connectivity index (χ4n) is 3.34. The van der Waals surface area contributed by atoms with Crippen LogP contribution in [0, 0.1) is 6.92 Å². The van der Waals surface area contributed by atoms with Crippen molar-refractivity contribution in [2.24, 2.45) is 0 Å². The van der Waals surface area contributed by atoms with Crippen LogP contribution in [0.2, 0.25) is 0 Å². The summed E-state index contributed by atoms with van der Waals surface area (Å²) >= 11 is 0. The maximum Gasteiger partial charge on any atom is 0.261 e. The summed E-state index contributed by atoms with van der Waals surface area (Å²) in [6, 6.07) is 7.25. The number of benzene rings is 1. The van der Waals surface area contributed by atoms with E-state index in [1.54, 1.807) is 4.90 Å². The summed E-state index contributed by atoms with van der Waals surface area (Å²) in [6.07, 6.45) is 2.64. The predicted molar refractivity (Wildman–Crippen MR) is 93.4 cm³/mol. The number of rotatable bonds is 4. The summed E-state index contributed by atoms with van der Waals surface area (Å²) in [4.78, 5) is 29.0. The lowest BCUT2D eigenvalue weighted by Gasteiger charge is -2.38.